The Morgan fingerprint density at radius 3 is 2.85 bits per heavy atom. The summed E-state index contributed by atoms with van der Waals surface area (Å²) in [6.45, 7) is 6.66. The van der Waals surface area contributed by atoms with E-state index in [0.29, 0.717) is 6.04 Å². The Kier molecular flexibility index (Phi) is 4.17. The Morgan fingerprint density at radius 1 is 1.30 bits per heavy atom. The maximum Gasteiger partial charge on any atom is 0.225 e. The molecule has 2 aliphatic heterocycles. The topological polar surface area (TPSA) is 58.3 Å². The van der Waals surface area contributed by atoms with Crippen molar-refractivity contribution < 1.29 is 0 Å². The second-order valence-electron chi connectivity index (χ2n) is 6.04. The van der Waals surface area contributed by atoms with Crippen LogP contribution in [0.3, 0.4) is 0 Å². The third-order valence-electron chi connectivity index (χ3n) is 4.58. The Bertz CT molecular complexity index is 432. The smallest absolute Gasteiger partial charge is 0.225 e. The summed E-state index contributed by atoms with van der Waals surface area (Å²) in [5, 5.41) is 0. The Balaban J connectivity index is 1.62. The molecule has 20 heavy (non-hydrogen) atoms. The van der Waals surface area contributed by atoms with Gasteiger partial charge in [0.15, 0.2) is 0 Å². The molecule has 2 unspecified atom stereocenters. The molecule has 0 spiro atoms. The van der Waals surface area contributed by atoms with E-state index in [1.165, 1.54) is 19.4 Å². The van der Waals surface area contributed by atoms with Gasteiger partial charge in [0.25, 0.3) is 0 Å². The van der Waals surface area contributed by atoms with Crippen LogP contribution < -0.4 is 10.6 Å². The quantitative estimate of drug-likeness (QED) is 0.890. The minimum absolute atomic E-state index is 0.214. The number of aromatic nitrogens is 2. The van der Waals surface area contributed by atoms with Gasteiger partial charge in [-0.15, -0.1) is 0 Å². The van der Waals surface area contributed by atoms with Gasteiger partial charge in [0, 0.05) is 44.1 Å². The lowest BCUT2D eigenvalue weighted by Gasteiger charge is -2.37. The molecular formula is C15H25N5. The summed E-state index contributed by atoms with van der Waals surface area (Å²) in [7, 11) is 0. The summed E-state index contributed by atoms with van der Waals surface area (Å²) in [5.74, 6) is 0.880. The van der Waals surface area contributed by atoms with Crippen molar-refractivity contribution >= 4 is 5.95 Å². The molecule has 1 aromatic heterocycles. The molecule has 2 atom stereocenters. The molecule has 0 bridgehead atoms. The zero-order chi connectivity index (χ0) is 13.9. The number of hydrogen-bond donors (Lipinski definition) is 1. The van der Waals surface area contributed by atoms with Crippen molar-refractivity contribution in [3.05, 3.63) is 18.0 Å². The number of nitrogens with two attached hydrogens (primary N) is 1. The van der Waals surface area contributed by atoms with Gasteiger partial charge < -0.3 is 10.6 Å². The van der Waals surface area contributed by atoms with Gasteiger partial charge >= 0.3 is 0 Å². The number of nitrogens with zero attached hydrogens (tertiary/aromatic N) is 4. The van der Waals surface area contributed by atoms with Crippen molar-refractivity contribution in [2.24, 2.45) is 5.73 Å². The highest BCUT2D eigenvalue weighted by Gasteiger charge is 2.31. The fourth-order valence-corrected chi connectivity index (χ4v) is 3.24. The minimum Gasteiger partial charge on any atom is -0.338 e. The maximum absolute atomic E-state index is 5.97. The van der Waals surface area contributed by atoms with Gasteiger partial charge in [-0.3, -0.25) is 4.90 Å². The maximum atomic E-state index is 5.97. The minimum atomic E-state index is 0.214. The van der Waals surface area contributed by atoms with Gasteiger partial charge in [-0.1, -0.05) is 6.92 Å². The SMILES string of the molecule is CCC(N)Cc1cnc(N2CCN3CCCC3C2)nc1. The van der Waals surface area contributed by atoms with Crippen LogP contribution in [-0.4, -0.2) is 53.1 Å². The molecular weight excluding hydrogens is 250 g/mol. The van der Waals surface area contributed by atoms with Crippen LogP contribution in [0.2, 0.25) is 0 Å². The predicted molar refractivity (Wildman–Crippen MR) is 80.8 cm³/mol. The monoisotopic (exact) mass is 275 g/mol. The lowest BCUT2D eigenvalue weighted by Crippen LogP contribution is -2.50. The largest absolute Gasteiger partial charge is 0.338 e. The third kappa shape index (κ3) is 2.94. The van der Waals surface area contributed by atoms with Crippen molar-refractivity contribution in [2.75, 3.05) is 31.1 Å². The third-order valence-corrected chi connectivity index (χ3v) is 4.58. The van der Waals surface area contributed by atoms with Crippen molar-refractivity contribution in [1.29, 1.82) is 0 Å². The average molecular weight is 275 g/mol. The molecule has 2 aliphatic rings. The summed E-state index contributed by atoms with van der Waals surface area (Å²) < 4.78 is 0. The molecule has 2 N–H and O–H groups in total. The second-order valence-corrected chi connectivity index (χ2v) is 6.04. The van der Waals surface area contributed by atoms with E-state index in [9.17, 15) is 0 Å². The molecule has 110 valence electrons. The summed E-state index contributed by atoms with van der Waals surface area (Å²) in [6, 6.07) is 0.923. The van der Waals surface area contributed by atoms with Gasteiger partial charge in [-0.25, -0.2) is 9.97 Å². The van der Waals surface area contributed by atoms with Gasteiger partial charge in [0.2, 0.25) is 5.95 Å². The lowest BCUT2D eigenvalue weighted by atomic mass is 10.1. The molecule has 0 amide bonds. The molecule has 1 aromatic rings. The van der Waals surface area contributed by atoms with Crippen LogP contribution in [0.5, 0.6) is 0 Å². The van der Waals surface area contributed by atoms with Crippen LogP contribution in [0.4, 0.5) is 5.95 Å². The van der Waals surface area contributed by atoms with Crippen LogP contribution in [-0.2, 0) is 6.42 Å². The van der Waals surface area contributed by atoms with Crippen molar-refractivity contribution in [2.45, 2.75) is 44.7 Å². The summed E-state index contributed by atoms with van der Waals surface area (Å²) in [6.07, 6.45) is 8.41. The number of anilines is 1. The van der Waals surface area contributed by atoms with E-state index in [0.717, 1.165) is 44.0 Å². The highest BCUT2D eigenvalue weighted by atomic mass is 15.3. The van der Waals surface area contributed by atoms with E-state index < -0.39 is 0 Å². The first kappa shape index (κ1) is 13.8. The Labute approximate surface area is 121 Å². The molecule has 5 nitrogen and oxygen atoms in total. The van der Waals surface area contributed by atoms with Crippen molar-refractivity contribution in [3.8, 4) is 0 Å². The first-order valence-corrected chi connectivity index (χ1v) is 7.81. The van der Waals surface area contributed by atoms with E-state index in [2.05, 4.69) is 26.7 Å². The zero-order valence-electron chi connectivity index (χ0n) is 12.3. The van der Waals surface area contributed by atoms with Gasteiger partial charge in [0.1, 0.15) is 0 Å². The summed E-state index contributed by atoms with van der Waals surface area (Å²) in [5.41, 5.74) is 7.11. The molecule has 0 aromatic carbocycles. The fourth-order valence-electron chi connectivity index (χ4n) is 3.24. The number of hydrogen-bond acceptors (Lipinski definition) is 5. The van der Waals surface area contributed by atoms with Crippen LogP contribution in [0, 0.1) is 0 Å². The van der Waals surface area contributed by atoms with Crippen LogP contribution >= 0.6 is 0 Å². The second kappa shape index (κ2) is 6.06. The molecule has 3 rings (SSSR count). The van der Waals surface area contributed by atoms with Crippen molar-refractivity contribution in [3.63, 3.8) is 0 Å². The van der Waals surface area contributed by atoms with Crippen molar-refractivity contribution in [1.82, 2.24) is 14.9 Å². The van der Waals surface area contributed by atoms with E-state index in [4.69, 9.17) is 5.73 Å². The van der Waals surface area contributed by atoms with Gasteiger partial charge in [-0.2, -0.15) is 0 Å². The lowest BCUT2D eigenvalue weighted by molar-refractivity contribution is 0.229. The fraction of sp³-hybridized carbons (Fsp3) is 0.733. The van der Waals surface area contributed by atoms with Gasteiger partial charge in [-0.05, 0) is 37.8 Å². The molecule has 5 heteroatoms. The zero-order valence-corrected chi connectivity index (χ0v) is 12.3. The highest BCUT2D eigenvalue weighted by Crippen LogP contribution is 2.23. The Morgan fingerprint density at radius 2 is 2.10 bits per heavy atom. The first-order valence-electron chi connectivity index (χ1n) is 7.81. The normalized spacial score (nSPS) is 24.7. The first-order chi connectivity index (χ1) is 9.76. The standard InChI is InChI=1S/C15H25N5/c1-2-13(16)8-12-9-17-15(18-10-12)20-7-6-19-5-3-4-14(19)11-20/h9-10,13-14H,2-8,11,16H2,1H3. The molecule has 0 radical (unpaired) electrons. The van der Waals surface area contributed by atoms with Gasteiger partial charge in [0.05, 0.1) is 0 Å². The van der Waals surface area contributed by atoms with E-state index in [-0.39, 0.29) is 6.04 Å². The number of fused-ring (bicyclic) bond motifs is 1. The van der Waals surface area contributed by atoms with Crippen LogP contribution in [0.25, 0.3) is 0 Å². The molecule has 3 heterocycles. The summed E-state index contributed by atoms with van der Waals surface area (Å²) in [4.78, 5) is 14.0. The number of piperazine rings is 1. The molecule has 0 aliphatic carbocycles. The van der Waals surface area contributed by atoms with Crippen LogP contribution in [0.1, 0.15) is 31.7 Å². The van der Waals surface area contributed by atoms with E-state index in [1.807, 2.05) is 12.4 Å². The molecule has 2 fully saturated rings. The highest BCUT2D eigenvalue weighted by molar-refractivity contribution is 5.31. The average Bonchev–Trinajstić information content (AvgIpc) is 2.95. The van der Waals surface area contributed by atoms with Crippen LogP contribution in [0.15, 0.2) is 12.4 Å². The molecule has 0 saturated carbocycles. The molecule has 2 saturated heterocycles. The summed E-state index contributed by atoms with van der Waals surface area (Å²) >= 11 is 0. The predicted octanol–water partition coefficient (Wildman–Crippen LogP) is 1.04. The Hall–Kier alpha value is -1.20. The number of rotatable bonds is 4. The van der Waals surface area contributed by atoms with E-state index >= 15 is 0 Å². The van der Waals surface area contributed by atoms with E-state index in [1.54, 1.807) is 0 Å².